The van der Waals surface area contributed by atoms with E-state index in [4.69, 9.17) is 0 Å². The molecule has 0 spiro atoms. The molecule has 0 saturated carbocycles. The molecule has 0 aliphatic rings. The van der Waals surface area contributed by atoms with Crippen molar-refractivity contribution in [3.05, 3.63) is 47.7 Å². The summed E-state index contributed by atoms with van der Waals surface area (Å²) >= 11 is 0. The Hall–Kier alpha value is -2.31. The van der Waals surface area contributed by atoms with E-state index in [0.29, 0.717) is 12.4 Å². The van der Waals surface area contributed by atoms with Crippen LogP contribution in [0.3, 0.4) is 0 Å². The molecule has 124 valence electrons. The minimum absolute atomic E-state index is 0.348. The molecule has 0 saturated heterocycles. The van der Waals surface area contributed by atoms with Gasteiger partial charge in [-0.15, -0.1) is 10.2 Å². The van der Waals surface area contributed by atoms with E-state index in [2.05, 4.69) is 39.8 Å². The van der Waals surface area contributed by atoms with Gasteiger partial charge in [-0.2, -0.15) is 13.2 Å². The number of benzene rings is 1. The lowest BCUT2D eigenvalue weighted by molar-refractivity contribution is -0.141. The van der Waals surface area contributed by atoms with Crippen LogP contribution in [-0.4, -0.2) is 30.8 Å². The van der Waals surface area contributed by atoms with Crippen LogP contribution in [0.15, 0.2) is 36.4 Å². The SMILES string of the molecule is CN(C)c1ccc(CCCNc2ccc(C(F)(F)F)nn2)cc1. The molecule has 0 bridgehead atoms. The number of nitrogens with zero attached hydrogens (tertiary/aromatic N) is 3. The second-order valence-corrected chi connectivity index (χ2v) is 5.39. The van der Waals surface area contributed by atoms with Crippen LogP contribution in [0, 0.1) is 0 Å². The first-order valence-electron chi connectivity index (χ1n) is 7.27. The first-order chi connectivity index (χ1) is 10.9. The summed E-state index contributed by atoms with van der Waals surface area (Å²) in [7, 11) is 3.98. The third-order valence-electron chi connectivity index (χ3n) is 3.36. The van der Waals surface area contributed by atoms with Crippen LogP contribution >= 0.6 is 0 Å². The molecular formula is C16H19F3N4. The highest BCUT2D eigenvalue weighted by Gasteiger charge is 2.32. The Morgan fingerprint density at radius 3 is 2.22 bits per heavy atom. The summed E-state index contributed by atoms with van der Waals surface area (Å²) in [4.78, 5) is 2.04. The van der Waals surface area contributed by atoms with Gasteiger partial charge in [-0.1, -0.05) is 12.1 Å². The van der Waals surface area contributed by atoms with Gasteiger partial charge in [0.25, 0.3) is 0 Å². The van der Waals surface area contributed by atoms with Gasteiger partial charge in [0, 0.05) is 26.3 Å². The molecule has 1 aromatic heterocycles. The summed E-state index contributed by atoms with van der Waals surface area (Å²) < 4.78 is 37.1. The molecule has 2 rings (SSSR count). The molecule has 2 aromatic rings. The molecule has 23 heavy (non-hydrogen) atoms. The van der Waals surface area contributed by atoms with Crippen molar-refractivity contribution in [2.24, 2.45) is 0 Å². The van der Waals surface area contributed by atoms with Crippen molar-refractivity contribution >= 4 is 11.5 Å². The van der Waals surface area contributed by atoms with Crippen molar-refractivity contribution in [2.45, 2.75) is 19.0 Å². The average molecular weight is 324 g/mol. The van der Waals surface area contributed by atoms with Gasteiger partial charge in [-0.3, -0.25) is 0 Å². The summed E-state index contributed by atoms with van der Waals surface area (Å²) in [6.07, 6.45) is -2.72. The van der Waals surface area contributed by atoms with Gasteiger partial charge in [-0.05, 0) is 42.7 Å². The minimum atomic E-state index is -4.45. The van der Waals surface area contributed by atoms with Crippen molar-refractivity contribution in [2.75, 3.05) is 30.9 Å². The van der Waals surface area contributed by atoms with E-state index in [1.807, 2.05) is 19.0 Å². The molecular weight excluding hydrogens is 305 g/mol. The molecule has 4 nitrogen and oxygen atoms in total. The van der Waals surface area contributed by atoms with Crippen LogP contribution in [0.1, 0.15) is 17.7 Å². The Labute approximate surface area is 133 Å². The van der Waals surface area contributed by atoms with Gasteiger partial charge in [0.05, 0.1) is 0 Å². The fraction of sp³-hybridized carbons (Fsp3) is 0.375. The maximum Gasteiger partial charge on any atom is 0.435 e. The number of halogens is 3. The van der Waals surface area contributed by atoms with Crippen LogP contribution in [0.2, 0.25) is 0 Å². The van der Waals surface area contributed by atoms with Crippen molar-refractivity contribution in [1.82, 2.24) is 10.2 Å². The third kappa shape index (κ3) is 5.12. The Kier molecular flexibility index (Phi) is 5.41. The number of alkyl halides is 3. The van der Waals surface area contributed by atoms with Crippen LogP contribution in [0.25, 0.3) is 0 Å². The fourth-order valence-electron chi connectivity index (χ4n) is 2.05. The number of hydrogen-bond acceptors (Lipinski definition) is 4. The lowest BCUT2D eigenvalue weighted by Gasteiger charge is -2.12. The van der Waals surface area contributed by atoms with E-state index in [1.165, 1.54) is 11.6 Å². The van der Waals surface area contributed by atoms with Crippen LogP contribution in [0.4, 0.5) is 24.7 Å². The molecule has 0 radical (unpaired) electrons. The first kappa shape index (κ1) is 17.1. The van der Waals surface area contributed by atoms with Crippen molar-refractivity contribution < 1.29 is 13.2 Å². The Morgan fingerprint density at radius 2 is 1.70 bits per heavy atom. The lowest BCUT2D eigenvalue weighted by atomic mass is 10.1. The number of aryl methyl sites for hydroxylation is 1. The van der Waals surface area contributed by atoms with E-state index in [1.54, 1.807) is 0 Å². The quantitative estimate of drug-likeness (QED) is 0.824. The minimum Gasteiger partial charge on any atom is -0.378 e. The van der Waals surface area contributed by atoms with E-state index in [0.717, 1.165) is 24.6 Å². The number of anilines is 2. The molecule has 1 N–H and O–H groups in total. The summed E-state index contributed by atoms with van der Waals surface area (Å²) in [6.45, 7) is 0.621. The Morgan fingerprint density at radius 1 is 1.00 bits per heavy atom. The molecule has 0 fully saturated rings. The fourth-order valence-corrected chi connectivity index (χ4v) is 2.05. The largest absolute Gasteiger partial charge is 0.435 e. The van der Waals surface area contributed by atoms with Crippen molar-refractivity contribution in [3.63, 3.8) is 0 Å². The second-order valence-electron chi connectivity index (χ2n) is 5.39. The summed E-state index contributed by atoms with van der Waals surface area (Å²) in [5.41, 5.74) is 1.38. The van der Waals surface area contributed by atoms with Crippen LogP contribution < -0.4 is 10.2 Å². The molecule has 0 aliphatic carbocycles. The van der Waals surface area contributed by atoms with Gasteiger partial charge in [0.15, 0.2) is 5.69 Å². The van der Waals surface area contributed by atoms with E-state index in [9.17, 15) is 13.2 Å². The van der Waals surface area contributed by atoms with Gasteiger partial charge in [-0.25, -0.2) is 0 Å². The average Bonchev–Trinajstić information content (AvgIpc) is 2.51. The summed E-state index contributed by atoms with van der Waals surface area (Å²) in [6, 6.07) is 10.5. The number of hydrogen-bond donors (Lipinski definition) is 1. The third-order valence-corrected chi connectivity index (χ3v) is 3.36. The van der Waals surface area contributed by atoms with Gasteiger partial charge < -0.3 is 10.2 Å². The Bertz CT molecular complexity index is 607. The number of rotatable bonds is 6. The zero-order valence-corrected chi connectivity index (χ0v) is 13.1. The van der Waals surface area contributed by atoms with Gasteiger partial charge in [0.1, 0.15) is 5.82 Å². The van der Waals surface area contributed by atoms with Crippen molar-refractivity contribution in [1.29, 1.82) is 0 Å². The lowest BCUT2D eigenvalue weighted by Crippen LogP contribution is -2.11. The van der Waals surface area contributed by atoms with E-state index >= 15 is 0 Å². The predicted octanol–water partition coefficient (Wildman–Crippen LogP) is 3.61. The maximum atomic E-state index is 12.4. The number of nitrogens with one attached hydrogen (secondary N) is 1. The standard InChI is InChI=1S/C16H19F3N4/c1-23(2)13-7-5-12(6-8-13)4-3-11-20-15-10-9-14(21-22-15)16(17,18)19/h5-10H,3-4,11H2,1-2H3,(H,20,22). The number of aromatic nitrogens is 2. The zero-order valence-electron chi connectivity index (χ0n) is 13.1. The highest BCUT2D eigenvalue weighted by atomic mass is 19.4. The van der Waals surface area contributed by atoms with E-state index < -0.39 is 11.9 Å². The zero-order chi connectivity index (χ0) is 16.9. The van der Waals surface area contributed by atoms with Crippen LogP contribution in [0.5, 0.6) is 0 Å². The normalized spacial score (nSPS) is 11.3. The molecule has 1 aromatic carbocycles. The smallest absolute Gasteiger partial charge is 0.378 e. The second kappa shape index (κ2) is 7.30. The molecule has 0 unspecified atom stereocenters. The molecule has 0 amide bonds. The summed E-state index contributed by atoms with van der Waals surface area (Å²) in [5, 5.41) is 9.68. The molecule has 0 atom stereocenters. The summed E-state index contributed by atoms with van der Waals surface area (Å²) in [5.74, 6) is 0.348. The molecule has 0 aliphatic heterocycles. The maximum absolute atomic E-state index is 12.4. The van der Waals surface area contributed by atoms with E-state index in [-0.39, 0.29) is 0 Å². The van der Waals surface area contributed by atoms with Gasteiger partial charge >= 0.3 is 6.18 Å². The first-order valence-corrected chi connectivity index (χ1v) is 7.27. The van der Waals surface area contributed by atoms with Gasteiger partial charge in [0.2, 0.25) is 0 Å². The highest BCUT2D eigenvalue weighted by molar-refractivity contribution is 5.46. The molecule has 7 heteroatoms. The Balaban J connectivity index is 1.77. The monoisotopic (exact) mass is 324 g/mol. The molecule has 1 heterocycles. The van der Waals surface area contributed by atoms with Crippen LogP contribution in [-0.2, 0) is 12.6 Å². The highest BCUT2D eigenvalue weighted by Crippen LogP contribution is 2.27. The van der Waals surface area contributed by atoms with Crippen molar-refractivity contribution in [3.8, 4) is 0 Å². The predicted molar refractivity (Wildman–Crippen MR) is 84.6 cm³/mol. The topological polar surface area (TPSA) is 41.0 Å².